The molecule has 2 rings (SSSR count). The molecule has 0 fully saturated rings. The molecule has 0 atom stereocenters. The Balaban J connectivity index is 2.05. The normalized spacial score (nSPS) is 10.8. The zero-order valence-corrected chi connectivity index (χ0v) is 12.6. The smallest absolute Gasteiger partial charge is 0.307 e. The molecule has 0 aliphatic rings. The van der Waals surface area contributed by atoms with E-state index < -0.39 is 0 Å². The van der Waals surface area contributed by atoms with Gasteiger partial charge in [0.2, 0.25) is 0 Å². The molecule has 2 aromatic rings. The maximum absolute atomic E-state index is 11.4. The van der Waals surface area contributed by atoms with Crippen LogP contribution in [0.2, 0.25) is 0 Å². The van der Waals surface area contributed by atoms with Crippen LogP contribution in [-0.4, -0.2) is 42.1 Å². The van der Waals surface area contributed by atoms with E-state index in [4.69, 9.17) is 10.5 Å². The van der Waals surface area contributed by atoms with Crippen LogP contribution in [0.15, 0.2) is 24.5 Å². The van der Waals surface area contributed by atoms with Crippen molar-refractivity contribution in [1.82, 2.24) is 9.38 Å². The molecule has 6 nitrogen and oxygen atoms in total. The lowest BCUT2D eigenvalue weighted by Gasteiger charge is -2.18. The van der Waals surface area contributed by atoms with Gasteiger partial charge < -0.3 is 19.8 Å². The van der Waals surface area contributed by atoms with Gasteiger partial charge in [-0.25, -0.2) is 4.98 Å². The van der Waals surface area contributed by atoms with Crippen molar-refractivity contribution in [2.75, 3.05) is 31.6 Å². The predicted molar refractivity (Wildman–Crippen MR) is 82.5 cm³/mol. The Kier molecular flexibility index (Phi) is 5.16. The first kappa shape index (κ1) is 15.3. The highest BCUT2D eigenvalue weighted by Gasteiger charge is 2.08. The molecule has 0 amide bonds. The minimum absolute atomic E-state index is 0.168. The summed E-state index contributed by atoms with van der Waals surface area (Å²) >= 11 is 0. The monoisotopic (exact) mass is 290 g/mol. The van der Waals surface area contributed by atoms with Crippen LogP contribution < -0.4 is 10.6 Å². The van der Waals surface area contributed by atoms with Crippen LogP contribution in [0.25, 0.3) is 5.65 Å². The van der Waals surface area contributed by atoms with Gasteiger partial charge in [-0.1, -0.05) is 0 Å². The highest BCUT2D eigenvalue weighted by Crippen LogP contribution is 2.15. The zero-order chi connectivity index (χ0) is 15.2. The third kappa shape index (κ3) is 3.95. The number of esters is 1. The lowest BCUT2D eigenvalue weighted by molar-refractivity contribution is -0.142. The average Bonchev–Trinajstić information content (AvgIpc) is 2.86. The first-order valence-corrected chi connectivity index (χ1v) is 7.18. The van der Waals surface area contributed by atoms with Gasteiger partial charge in [0, 0.05) is 32.4 Å². The number of rotatable bonds is 7. The number of imidazole rings is 1. The van der Waals surface area contributed by atoms with Crippen molar-refractivity contribution in [2.24, 2.45) is 5.73 Å². The second-order valence-electron chi connectivity index (χ2n) is 4.90. The molecule has 2 aromatic heterocycles. The summed E-state index contributed by atoms with van der Waals surface area (Å²) in [6, 6.07) is 3.97. The number of carbonyl (C=O) groups is 1. The van der Waals surface area contributed by atoms with E-state index in [9.17, 15) is 4.79 Å². The van der Waals surface area contributed by atoms with Gasteiger partial charge in [0.15, 0.2) is 0 Å². The van der Waals surface area contributed by atoms with Crippen LogP contribution >= 0.6 is 0 Å². The maximum Gasteiger partial charge on any atom is 0.307 e. The van der Waals surface area contributed by atoms with Gasteiger partial charge in [0.25, 0.3) is 0 Å². The summed E-state index contributed by atoms with van der Waals surface area (Å²) in [5.74, 6) is -0.168. The SMILES string of the molecule is CCOC(=O)CCN(C)c1ccc2nc(CCN)cn2c1. The molecule has 0 aromatic carbocycles. The molecular weight excluding hydrogens is 268 g/mol. The number of hydrogen-bond donors (Lipinski definition) is 1. The molecular formula is C15H22N4O2. The van der Waals surface area contributed by atoms with Crippen LogP contribution in [0.1, 0.15) is 19.0 Å². The quantitative estimate of drug-likeness (QED) is 0.776. The Morgan fingerprint density at radius 2 is 2.24 bits per heavy atom. The number of aromatic nitrogens is 2. The van der Waals surface area contributed by atoms with Crippen LogP contribution in [0, 0.1) is 0 Å². The molecule has 0 aliphatic heterocycles. The van der Waals surface area contributed by atoms with E-state index in [2.05, 4.69) is 4.98 Å². The minimum atomic E-state index is -0.168. The number of anilines is 1. The standard InChI is InChI=1S/C15H22N4O2/c1-3-21-15(20)7-9-18(2)13-4-5-14-17-12(6-8-16)10-19(14)11-13/h4-5,10-11H,3,6-9,16H2,1-2H3. The van der Waals surface area contributed by atoms with Gasteiger partial charge in [-0.3, -0.25) is 4.79 Å². The highest BCUT2D eigenvalue weighted by molar-refractivity contribution is 5.70. The molecule has 0 radical (unpaired) electrons. The Hall–Kier alpha value is -2.08. The van der Waals surface area contributed by atoms with Crippen LogP contribution in [0.3, 0.4) is 0 Å². The van der Waals surface area contributed by atoms with Crippen LogP contribution in [0.4, 0.5) is 5.69 Å². The Labute approximate surface area is 124 Å². The van der Waals surface area contributed by atoms with Crippen molar-refractivity contribution in [3.8, 4) is 0 Å². The zero-order valence-electron chi connectivity index (χ0n) is 12.6. The number of carbonyl (C=O) groups excluding carboxylic acids is 1. The summed E-state index contributed by atoms with van der Waals surface area (Å²) in [5, 5.41) is 0. The molecule has 21 heavy (non-hydrogen) atoms. The fraction of sp³-hybridized carbons (Fsp3) is 0.467. The minimum Gasteiger partial charge on any atom is -0.466 e. The molecule has 0 unspecified atom stereocenters. The number of hydrogen-bond acceptors (Lipinski definition) is 5. The number of pyridine rings is 1. The van der Waals surface area contributed by atoms with Crippen molar-refractivity contribution in [3.05, 3.63) is 30.2 Å². The maximum atomic E-state index is 11.4. The van der Waals surface area contributed by atoms with Crippen LogP contribution in [-0.2, 0) is 16.0 Å². The Morgan fingerprint density at radius 1 is 1.43 bits per heavy atom. The molecule has 0 aliphatic carbocycles. The van der Waals surface area contributed by atoms with Gasteiger partial charge in [-0.15, -0.1) is 0 Å². The largest absolute Gasteiger partial charge is 0.466 e. The summed E-state index contributed by atoms with van der Waals surface area (Å²) in [6.45, 7) is 3.45. The third-order valence-electron chi connectivity index (χ3n) is 3.28. The summed E-state index contributed by atoms with van der Waals surface area (Å²) < 4.78 is 6.92. The highest BCUT2D eigenvalue weighted by atomic mass is 16.5. The molecule has 0 spiro atoms. The fourth-order valence-electron chi connectivity index (χ4n) is 2.15. The Bertz CT molecular complexity index is 609. The second kappa shape index (κ2) is 7.08. The van der Waals surface area contributed by atoms with Crippen molar-refractivity contribution in [3.63, 3.8) is 0 Å². The van der Waals surface area contributed by atoms with Crippen molar-refractivity contribution >= 4 is 17.3 Å². The van der Waals surface area contributed by atoms with E-state index in [1.165, 1.54) is 0 Å². The first-order chi connectivity index (χ1) is 10.1. The number of nitrogens with two attached hydrogens (primary N) is 1. The predicted octanol–water partition coefficient (Wildman–Crippen LogP) is 1.22. The van der Waals surface area contributed by atoms with E-state index in [-0.39, 0.29) is 5.97 Å². The lowest BCUT2D eigenvalue weighted by atomic mass is 10.3. The lowest BCUT2D eigenvalue weighted by Crippen LogP contribution is -2.22. The van der Waals surface area contributed by atoms with Gasteiger partial charge in [-0.05, 0) is 25.6 Å². The molecule has 0 saturated heterocycles. The summed E-state index contributed by atoms with van der Waals surface area (Å²) in [6.07, 6.45) is 5.15. The summed E-state index contributed by atoms with van der Waals surface area (Å²) in [4.78, 5) is 17.9. The molecule has 0 saturated carbocycles. The van der Waals surface area contributed by atoms with Gasteiger partial charge >= 0.3 is 5.97 Å². The molecule has 114 valence electrons. The summed E-state index contributed by atoms with van der Waals surface area (Å²) in [7, 11) is 1.96. The van der Waals surface area contributed by atoms with Crippen LogP contribution in [0.5, 0.6) is 0 Å². The van der Waals surface area contributed by atoms with Gasteiger partial charge in [0.05, 0.1) is 24.4 Å². The molecule has 2 N–H and O–H groups in total. The van der Waals surface area contributed by atoms with Crippen molar-refractivity contribution < 1.29 is 9.53 Å². The van der Waals surface area contributed by atoms with E-state index in [0.717, 1.165) is 23.4 Å². The van der Waals surface area contributed by atoms with Crippen molar-refractivity contribution in [1.29, 1.82) is 0 Å². The molecule has 0 bridgehead atoms. The van der Waals surface area contributed by atoms with Gasteiger partial charge in [-0.2, -0.15) is 0 Å². The number of fused-ring (bicyclic) bond motifs is 1. The van der Waals surface area contributed by atoms with E-state index >= 15 is 0 Å². The Morgan fingerprint density at radius 3 is 2.95 bits per heavy atom. The second-order valence-corrected chi connectivity index (χ2v) is 4.90. The fourth-order valence-corrected chi connectivity index (χ4v) is 2.15. The molecule has 2 heterocycles. The first-order valence-electron chi connectivity index (χ1n) is 7.18. The van der Waals surface area contributed by atoms with Crippen molar-refractivity contribution in [2.45, 2.75) is 19.8 Å². The third-order valence-corrected chi connectivity index (χ3v) is 3.28. The number of nitrogens with zero attached hydrogens (tertiary/aromatic N) is 3. The molecule has 6 heteroatoms. The summed E-state index contributed by atoms with van der Waals surface area (Å²) in [5.41, 5.74) is 8.48. The van der Waals surface area contributed by atoms with E-state index in [0.29, 0.717) is 26.1 Å². The van der Waals surface area contributed by atoms with E-state index in [1.54, 1.807) is 0 Å². The topological polar surface area (TPSA) is 72.9 Å². The number of ether oxygens (including phenoxy) is 1. The average molecular weight is 290 g/mol. The van der Waals surface area contributed by atoms with Gasteiger partial charge in [0.1, 0.15) is 5.65 Å². The van der Waals surface area contributed by atoms with E-state index in [1.807, 2.05) is 47.8 Å².